The Morgan fingerprint density at radius 1 is 0.870 bits per heavy atom. The zero-order valence-corrected chi connectivity index (χ0v) is 12.7. The van der Waals surface area contributed by atoms with Crippen LogP contribution in [0.15, 0.2) is 48.5 Å². The third kappa shape index (κ3) is 3.37. The first kappa shape index (κ1) is 14.8. The van der Waals surface area contributed by atoms with Crippen molar-refractivity contribution in [3.63, 3.8) is 0 Å². The molecule has 6 heteroatoms. The van der Waals surface area contributed by atoms with Crippen LogP contribution in [-0.4, -0.2) is 27.2 Å². The zero-order valence-electron chi connectivity index (χ0n) is 12.7. The van der Waals surface area contributed by atoms with Gasteiger partial charge in [-0.25, -0.2) is 0 Å². The number of rotatable bonds is 4. The van der Waals surface area contributed by atoms with Gasteiger partial charge in [0.05, 0.1) is 12.7 Å². The van der Waals surface area contributed by atoms with Gasteiger partial charge in [-0.1, -0.05) is 29.8 Å². The summed E-state index contributed by atoms with van der Waals surface area (Å²) in [5.41, 5.74) is 1.60. The molecule has 0 bridgehead atoms. The fourth-order valence-electron chi connectivity index (χ4n) is 1.97. The second-order valence-electron chi connectivity index (χ2n) is 4.86. The van der Waals surface area contributed by atoms with E-state index in [-0.39, 0.29) is 23.6 Å². The maximum Gasteiger partial charge on any atom is 0.328 e. The average Bonchev–Trinajstić information content (AvgIpc) is 2.57. The summed E-state index contributed by atoms with van der Waals surface area (Å²) in [7, 11) is 1.46. The van der Waals surface area contributed by atoms with Gasteiger partial charge in [0.15, 0.2) is 5.82 Å². The first-order chi connectivity index (χ1) is 11.2. The molecular formula is C17H15N3O3. The molecule has 0 amide bonds. The van der Waals surface area contributed by atoms with E-state index in [0.717, 1.165) is 5.56 Å². The zero-order chi connectivity index (χ0) is 16.2. The van der Waals surface area contributed by atoms with Crippen molar-refractivity contribution in [2.75, 3.05) is 7.11 Å². The summed E-state index contributed by atoms with van der Waals surface area (Å²) in [5, 5.41) is 9.96. The number of hydrogen-bond donors (Lipinski definition) is 1. The van der Waals surface area contributed by atoms with Gasteiger partial charge in [0.1, 0.15) is 11.5 Å². The average molecular weight is 309 g/mol. The van der Waals surface area contributed by atoms with E-state index in [2.05, 4.69) is 15.0 Å². The number of hydrogen-bond acceptors (Lipinski definition) is 6. The van der Waals surface area contributed by atoms with E-state index in [1.54, 1.807) is 24.3 Å². The highest BCUT2D eigenvalue weighted by molar-refractivity contribution is 5.63. The Morgan fingerprint density at radius 3 is 2.26 bits per heavy atom. The van der Waals surface area contributed by atoms with Crippen LogP contribution in [0.3, 0.4) is 0 Å². The van der Waals surface area contributed by atoms with E-state index in [0.29, 0.717) is 11.3 Å². The maximum atomic E-state index is 9.96. The molecule has 0 aliphatic heterocycles. The molecule has 3 rings (SSSR count). The van der Waals surface area contributed by atoms with E-state index < -0.39 is 0 Å². The Balaban J connectivity index is 1.99. The monoisotopic (exact) mass is 309 g/mol. The summed E-state index contributed by atoms with van der Waals surface area (Å²) in [6, 6.07) is 14.5. The molecule has 2 aromatic carbocycles. The predicted octanol–water partition coefficient (Wildman–Crippen LogP) is 3.35. The summed E-state index contributed by atoms with van der Waals surface area (Å²) in [6.45, 7) is 1.99. The number of benzene rings is 2. The number of phenolic OH excluding ortho intramolecular Hbond substituents is 1. The summed E-state index contributed by atoms with van der Waals surface area (Å²) >= 11 is 0. The minimum Gasteiger partial charge on any atom is -0.507 e. The third-order valence-electron chi connectivity index (χ3n) is 3.15. The molecule has 0 unspecified atom stereocenters. The lowest BCUT2D eigenvalue weighted by Crippen LogP contribution is -2.01. The molecule has 0 saturated carbocycles. The molecule has 23 heavy (non-hydrogen) atoms. The Bertz CT molecular complexity index is 820. The van der Waals surface area contributed by atoms with Gasteiger partial charge in [0, 0.05) is 0 Å². The van der Waals surface area contributed by atoms with Crippen molar-refractivity contribution in [2.45, 2.75) is 6.92 Å². The van der Waals surface area contributed by atoms with Crippen LogP contribution >= 0.6 is 0 Å². The lowest BCUT2D eigenvalue weighted by Gasteiger charge is -2.08. The first-order valence-corrected chi connectivity index (χ1v) is 6.98. The van der Waals surface area contributed by atoms with Gasteiger partial charge < -0.3 is 14.6 Å². The predicted molar refractivity (Wildman–Crippen MR) is 84.7 cm³/mol. The van der Waals surface area contributed by atoms with Crippen LogP contribution in [0.5, 0.6) is 23.5 Å². The summed E-state index contributed by atoms with van der Waals surface area (Å²) in [4.78, 5) is 12.5. The highest BCUT2D eigenvalue weighted by Gasteiger charge is 2.13. The molecule has 0 fully saturated rings. The standard InChI is InChI=1S/C17H15N3O3/c1-11-7-9-12(10-8-11)23-17-19-15(18-16(20-17)22-2)13-5-3-4-6-14(13)21/h3-10,21H,1-2H3. The van der Waals surface area contributed by atoms with Gasteiger partial charge in [-0.15, -0.1) is 4.98 Å². The van der Waals surface area contributed by atoms with E-state index >= 15 is 0 Å². The van der Waals surface area contributed by atoms with Crippen LogP contribution in [0.4, 0.5) is 0 Å². The molecule has 1 aromatic heterocycles. The molecular weight excluding hydrogens is 294 g/mol. The maximum absolute atomic E-state index is 9.96. The van der Waals surface area contributed by atoms with Crippen LogP contribution in [0.1, 0.15) is 5.56 Å². The van der Waals surface area contributed by atoms with E-state index in [9.17, 15) is 5.11 Å². The van der Waals surface area contributed by atoms with Gasteiger partial charge in [-0.2, -0.15) is 9.97 Å². The largest absolute Gasteiger partial charge is 0.507 e. The number of aromatic nitrogens is 3. The molecule has 0 atom stereocenters. The van der Waals surface area contributed by atoms with Gasteiger partial charge in [-0.05, 0) is 31.2 Å². The third-order valence-corrected chi connectivity index (χ3v) is 3.15. The highest BCUT2D eigenvalue weighted by Crippen LogP contribution is 2.28. The van der Waals surface area contributed by atoms with Crippen molar-refractivity contribution < 1.29 is 14.6 Å². The van der Waals surface area contributed by atoms with E-state index in [1.807, 2.05) is 31.2 Å². The molecule has 0 aliphatic rings. The summed E-state index contributed by atoms with van der Waals surface area (Å²) < 4.78 is 10.7. The van der Waals surface area contributed by atoms with Gasteiger partial charge in [-0.3, -0.25) is 0 Å². The van der Waals surface area contributed by atoms with Crippen molar-refractivity contribution in [3.05, 3.63) is 54.1 Å². The van der Waals surface area contributed by atoms with Crippen LogP contribution in [0.25, 0.3) is 11.4 Å². The van der Waals surface area contributed by atoms with Crippen molar-refractivity contribution in [1.29, 1.82) is 0 Å². The summed E-state index contributed by atoms with van der Waals surface area (Å²) in [5.74, 6) is 0.950. The number of phenols is 1. The van der Waals surface area contributed by atoms with Gasteiger partial charge in [0.2, 0.25) is 0 Å². The normalized spacial score (nSPS) is 10.3. The topological polar surface area (TPSA) is 77.4 Å². The lowest BCUT2D eigenvalue weighted by molar-refractivity contribution is 0.360. The molecule has 116 valence electrons. The number of para-hydroxylation sites is 1. The molecule has 3 aromatic rings. The molecule has 0 saturated heterocycles. The number of aromatic hydroxyl groups is 1. The second-order valence-corrected chi connectivity index (χ2v) is 4.86. The molecule has 1 N–H and O–H groups in total. The van der Waals surface area contributed by atoms with Crippen molar-refractivity contribution >= 4 is 0 Å². The van der Waals surface area contributed by atoms with E-state index in [4.69, 9.17) is 9.47 Å². The SMILES string of the molecule is COc1nc(Oc2ccc(C)cc2)nc(-c2ccccc2O)n1. The fourth-order valence-corrected chi connectivity index (χ4v) is 1.97. The van der Waals surface area contributed by atoms with Crippen molar-refractivity contribution in [2.24, 2.45) is 0 Å². The lowest BCUT2D eigenvalue weighted by atomic mass is 10.2. The van der Waals surface area contributed by atoms with Crippen LogP contribution in [0.2, 0.25) is 0 Å². The Kier molecular flexibility index (Phi) is 4.05. The fraction of sp³-hybridized carbons (Fsp3) is 0.118. The van der Waals surface area contributed by atoms with E-state index in [1.165, 1.54) is 7.11 Å². The van der Waals surface area contributed by atoms with Crippen LogP contribution < -0.4 is 9.47 Å². The first-order valence-electron chi connectivity index (χ1n) is 6.98. The van der Waals surface area contributed by atoms with Crippen LogP contribution in [-0.2, 0) is 0 Å². The molecule has 0 spiro atoms. The second kappa shape index (κ2) is 6.31. The summed E-state index contributed by atoms with van der Waals surface area (Å²) in [6.07, 6.45) is 0. The van der Waals surface area contributed by atoms with Gasteiger partial charge in [0.25, 0.3) is 0 Å². The minimum absolute atomic E-state index is 0.0713. The number of methoxy groups -OCH3 is 1. The van der Waals surface area contributed by atoms with Crippen LogP contribution in [0, 0.1) is 6.92 Å². The number of nitrogens with zero attached hydrogens (tertiary/aromatic N) is 3. The van der Waals surface area contributed by atoms with Crippen molar-refractivity contribution in [1.82, 2.24) is 15.0 Å². The number of ether oxygens (including phenoxy) is 2. The molecule has 1 heterocycles. The Hall–Kier alpha value is -3.15. The minimum atomic E-state index is 0.0713. The van der Waals surface area contributed by atoms with Gasteiger partial charge >= 0.3 is 12.0 Å². The quantitative estimate of drug-likeness (QED) is 0.796. The molecule has 0 radical (unpaired) electrons. The molecule has 0 aliphatic carbocycles. The Morgan fingerprint density at radius 2 is 1.57 bits per heavy atom. The highest BCUT2D eigenvalue weighted by atomic mass is 16.5. The molecule has 6 nitrogen and oxygen atoms in total. The van der Waals surface area contributed by atoms with Crippen molar-refractivity contribution in [3.8, 4) is 34.9 Å². The Labute approximate surface area is 133 Å². The smallest absolute Gasteiger partial charge is 0.328 e. The number of aryl methyl sites for hydroxylation is 1.